The molecule has 0 bridgehead atoms. The van der Waals surface area contributed by atoms with Crippen molar-refractivity contribution in [2.75, 3.05) is 44.2 Å². The van der Waals surface area contributed by atoms with Crippen molar-refractivity contribution >= 4 is 5.69 Å². The summed E-state index contributed by atoms with van der Waals surface area (Å²) in [5, 5.41) is 3.44. The quantitative estimate of drug-likeness (QED) is 0.616. The molecular weight excluding hydrogens is 422 g/mol. The smallest absolute Gasteiger partial charge is 0.151 e. The molecule has 178 valence electrons. The number of piperidine rings is 1. The van der Waals surface area contributed by atoms with E-state index in [1.807, 2.05) is 0 Å². The summed E-state index contributed by atoms with van der Waals surface area (Å²) in [6, 6.07) is 13.6. The zero-order valence-corrected chi connectivity index (χ0v) is 20.2. The molecule has 0 atom stereocenters. The van der Waals surface area contributed by atoms with Gasteiger partial charge in [0.15, 0.2) is 5.82 Å². The van der Waals surface area contributed by atoms with Crippen LogP contribution in [0.1, 0.15) is 43.3 Å². The number of rotatable bonds is 5. The lowest BCUT2D eigenvalue weighted by atomic mass is 9.96. The molecule has 6 nitrogen and oxygen atoms in total. The lowest BCUT2D eigenvalue weighted by Gasteiger charge is -2.30. The fraction of sp³-hybridized carbons (Fsp3) is 0.464. The molecule has 2 aromatic carbocycles. The second-order valence-electron chi connectivity index (χ2n) is 9.76. The van der Waals surface area contributed by atoms with Crippen molar-refractivity contribution in [3.63, 3.8) is 0 Å². The number of piperazine rings is 1. The number of likely N-dealkylation sites (tertiary alicyclic amines) is 1. The van der Waals surface area contributed by atoms with Crippen LogP contribution < -0.4 is 15.0 Å². The summed E-state index contributed by atoms with van der Waals surface area (Å²) in [5.74, 6) is 1.95. The first-order valence-corrected chi connectivity index (χ1v) is 12.9. The molecule has 0 amide bonds. The van der Waals surface area contributed by atoms with Crippen LogP contribution in [0.15, 0.2) is 42.6 Å². The molecule has 0 radical (unpaired) electrons. The highest BCUT2D eigenvalue weighted by atomic mass is 16.5. The summed E-state index contributed by atoms with van der Waals surface area (Å²) in [5.41, 5.74) is 7.49. The van der Waals surface area contributed by atoms with Crippen molar-refractivity contribution in [3.8, 4) is 22.6 Å². The van der Waals surface area contributed by atoms with Crippen molar-refractivity contribution in [2.24, 2.45) is 0 Å². The third-order valence-corrected chi connectivity index (χ3v) is 7.50. The van der Waals surface area contributed by atoms with Crippen molar-refractivity contribution in [2.45, 2.75) is 45.8 Å². The van der Waals surface area contributed by atoms with Crippen molar-refractivity contribution in [1.29, 1.82) is 0 Å². The van der Waals surface area contributed by atoms with E-state index in [0.29, 0.717) is 6.61 Å². The van der Waals surface area contributed by atoms with E-state index >= 15 is 0 Å². The Morgan fingerprint density at radius 1 is 0.971 bits per heavy atom. The molecule has 0 saturated carbocycles. The van der Waals surface area contributed by atoms with E-state index in [2.05, 4.69) is 69.2 Å². The van der Waals surface area contributed by atoms with Gasteiger partial charge in [-0.1, -0.05) is 25.5 Å². The lowest BCUT2D eigenvalue weighted by molar-refractivity contribution is 0.218. The largest absolute Gasteiger partial charge is 0.483 e. The zero-order valence-electron chi connectivity index (χ0n) is 20.2. The SMILES string of the molecule is CCc1cc(N2CCNCC2)ccc1-c1ccc2c(c1)OCc1nc(CN3CCCCC3)cn1-2. The average molecular weight is 458 g/mol. The van der Waals surface area contributed by atoms with E-state index in [1.165, 1.54) is 54.7 Å². The Morgan fingerprint density at radius 2 is 1.82 bits per heavy atom. The molecule has 4 heterocycles. The molecule has 1 aromatic heterocycles. The summed E-state index contributed by atoms with van der Waals surface area (Å²) in [4.78, 5) is 9.90. The zero-order chi connectivity index (χ0) is 22.9. The van der Waals surface area contributed by atoms with E-state index < -0.39 is 0 Å². The van der Waals surface area contributed by atoms with Gasteiger partial charge in [-0.3, -0.25) is 9.47 Å². The predicted molar refractivity (Wildman–Crippen MR) is 137 cm³/mol. The standard InChI is InChI=1S/C28H35N5O/c1-2-21-16-24(32-14-10-29-11-15-32)7-8-25(21)22-6-9-26-27(17-22)34-20-28-30-23(19-33(26)28)18-31-12-4-3-5-13-31/h6-9,16-17,19,29H,2-5,10-15,18,20H2,1H3. The maximum absolute atomic E-state index is 6.20. The Bertz CT molecular complexity index is 1160. The summed E-state index contributed by atoms with van der Waals surface area (Å²) in [6.45, 7) is 10.3. The van der Waals surface area contributed by atoms with Crippen molar-refractivity contribution in [1.82, 2.24) is 19.8 Å². The molecule has 1 N–H and O–H groups in total. The Kier molecular flexibility index (Phi) is 6.02. The number of aryl methyl sites for hydroxylation is 1. The third kappa shape index (κ3) is 4.21. The van der Waals surface area contributed by atoms with E-state index in [9.17, 15) is 0 Å². The first-order chi connectivity index (χ1) is 16.8. The topological polar surface area (TPSA) is 45.6 Å². The maximum atomic E-state index is 6.20. The van der Waals surface area contributed by atoms with Gasteiger partial charge in [-0.2, -0.15) is 0 Å². The number of ether oxygens (including phenoxy) is 1. The number of nitrogens with one attached hydrogen (secondary N) is 1. The number of benzene rings is 2. The van der Waals surface area contributed by atoms with Gasteiger partial charge in [0.25, 0.3) is 0 Å². The van der Waals surface area contributed by atoms with Crippen molar-refractivity contribution < 1.29 is 4.74 Å². The Hall–Kier alpha value is -2.83. The van der Waals surface area contributed by atoms with Crippen LogP contribution in [-0.2, 0) is 19.6 Å². The monoisotopic (exact) mass is 457 g/mol. The van der Waals surface area contributed by atoms with Gasteiger partial charge in [-0.05, 0) is 73.3 Å². The first-order valence-electron chi connectivity index (χ1n) is 12.9. The summed E-state index contributed by atoms with van der Waals surface area (Å²) < 4.78 is 8.43. The van der Waals surface area contributed by atoms with Crippen LogP contribution in [0, 0.1) is 0 Å². The summed E-state index contributed by atoms with van der Waals surface area (Å²) in [6.07, 6.45) is 7.19. The van der Waals surface area contributed by atoms with Crippen LogP contribution in [0.3, 0.4) is 0 Å². The molecule has 3 aliphatic rings. The summed E-state index contributed by atoms with van der Waals surface area (Å²) in [7, 11) is 0. The Morgan fingerprint density at radius 3 is 2.65 bits per heavy atom. The highest BCUT2D eigenvalue weighted by Gasteiger charge is 2.22. The first kappa shape index (κ1) is 21.7. The minimum absolute atomic E-state index is 0.527. The van der Waals surface area contributed by atoms with Crippen LogP contribution in [0.5, 0.6) is 5.75 Å². The van der Waals surface area contributed by atoms with E-state index in [-0.39, 0.29) is 0 Å². The molecule has 34 heavy (non-hydrogen) atoms. The van der Waals surface area contributed by atoms with Crippen LogP contribution in [0.25, 0.3) is 16.8 Å². The summed E-state index contributed by atoms with van der Waals surface area (Å²) >= 11 is 0. The molecule has 3 aliphatic heterocycles. The normalized spacial score (nSPS) is 18.3. The molecule has 6 heteroatoms. The van der Waals surface area contributed by atoms with Gasteiger partial charge in [0.1, 0.15) is 12.4 Å². The molecule has 0 unspecified atom stereocenters. The molecule has 0 aliphatic carbocycles. The number of hydrogen-bond acceptors (Lipinski definition) is 5. The second-order valence-corrected chi connectivity index (χ2v) is 9.76. The molecule has 2 saturated heterocycles. The molecule has 0 spiro atoms. The van der Waals surface area contributed by atoms with Gasteiger partial charge >= 0.3 is 0 Å². The maximum Gasteiger partial charge on any atom is 0.151 e. The highest BCUT2D eigenvalue weighted by molar-refractivity contribution is 5.74. The van der Waals surface area contributed by atoms with Gasteiger partial charge in [0.2, 0.25) is 0 Å². The van der Waals surface area contributed by atoms with Crippen molar-refractivity contribution in [3.05, 3.63) is 59.7 Å². The Labute approximate surface area is 202 Å². The van der Waals surface area contributed by atoms with E-state index in [0.717, 1.165) is 62.1 Å². The average Bonchev–Trinajstić information content (AvgIpc) is 3.32. The number of aromatic nitrogens is 2. The van der Waals surface area contributed by atoms with Crippen LogP contribution in [0.2, 0.25) is 0 Å². The van der Waals surface area contributed by atoms with E-state index in [4.69, 9.17) is 9.72 Å². The predicted octanol–water partition coefficient (Wildman–Crippen LogP) is 4.39. The molecular formula is C28H35N5O. The van der Waals surface area contributed by atoms with Gasteiger partial charge < -0.3 is 15.0 Å². The fourth-order valence-corrected chi connectivity index (χ4v) is 5.62. The minimum Gasteiger partial charge on any atom is -0.483 e. The minimum atomic E-state index is 0.527. The third-order valence-electron chi connectivity index (χ3n) is 7.50. The second kappa shape index (κ2) is 9.43. The number of imidazole rings is 1. The van der Waals surface area contributed by atoms with Crippen LogP contribution in [0.4, 0.5) is 5.69 Å². The number of anilines is 1. The molecule has 6 rings (SSSR count). The molecule has 3 aromatic rings. The number of hydrogen-bond donors (Lipinski definition) is 1. The van der Waals surface area contributed by atoms with Gasteiger partial charge in [0.05, 0.1) is 11.4 Å². The highest BCUT2D eigenvalue weighted by Crippen LogP contribution is 2.36. The lowest BCUT2D eigenvalue weighted by Crippen LogP contribution is -2.43. The van der Waals surface area contributed by atoms with Gasteiger partial charge in [0, 0.05) is 44.6 Å². The van der Waals surface area contributed by atoms with Crippen LogP contribution in [-0.4, -0.2) is 53.7 Å². The van der Waals surface area contributed by atoms with Gasteiger partial charge in [-0.25, -0.2) is 4.98 Å². The van der Waals surface area contributed by atoms with E-state index in [1.54, 1.807) is 0 Å². The molecule has 2 fully saturated rings. The van der Waals surface area contributed by atoms with Gasteiger partial charge in [-0.15, -0.1) is 0 Å². The number of fused-ring (bicyclic) bond motifs is 3. The number of nitrogens with zero attached hydrogens (tertiary/aromatic N) is 4. The van der Waals surface area contributed by atoms with Crippen LogP contribution >= 0.6 is 0 Å². The Balaban J connectivity index is 1.26. The fourth-order valence-electron chi connectivity index (χ4n) is 5.62.